The summed E-state index contributed by atoms with van der Waals surface area (Å²) in [5.74, 6) is -0.661. The molecule has 0 radical (unpaired) electrons. The number of hydrogen-bond donors (Lipinski definition) is 0. The minimum atomic E-state index is -4.33. The first-order chi connectivity index (χ1) is 10.0. The third kappa shape index (κ3) is 10.2. The molecule has 0 spiro atoms. The first-order valence-corrected chi connectivity index (χ1v) is 8.58. The van der Waals surface area contributed by atoms with Crippen molar-refractivity contribution in [2.75, 3.05) is 0 Å². The maximum absolute atomic E-state index is 11.5. The average molecular weight is 338 g/mol. The number of carbonyl (C=O) groups is 1. The maximum atomic E-state index is 11.5. The second-order valence-electron chi connectivity index (χ2n) is 4.78. The van der Waals surface area contributed by atoms with E-state index >= 15 is 0 Å². The molecule has 22 heavy (non-hydrogen) atoms. The molecular weight excluding hydrogens is 315 g/mol. The number of benzene rings is 1. The van der Waals surface area contributed by atoms with Crippen LogP contribution in [-0.2, 0) is 19.4 Å². The predicted molar refractivity (Wildman–Crippen MR) is 87.2 cm³/mol. The van der Waals surface area contributed by atoms with E-state index in [4.69, 9.17) is 0 Å². The summed E-state index contributed by atoms with van der Waals surface area (Å²) in [4.78, 5) is 11.5. The van der Waals surface area contributed by atoms with Crippen molar-refractivity contribution in [1.82, 2.24) is 0 Å². The molecular formula is C15H23NaO5S. The predicted octanol–water partition coefficient (Wildman–Crippen LogP) is 2.96. The van der Waals surface area contributed by atoms with Gasteiger partial charge in [0.2, 0.25) is 0 Å². The molecule has 0 saturated heterocycles. The van der Waals surface area contributed by atoms with Crippen LogP contribution in [0.2, 0.25) is 0 Å². The van der Waals surface area contributed by atoms with Gasteiger partial charge in [-0.05, 0) is 18.6 Å². The molecule has 0 heterocycles. The molecule has 0 unspecified atom stereocenters. The summed E-state index contributed by atoms with van der Waals surface area (Å²) in [6.45, 7) is 2.13. The first-order valence-electron chi connectivity index (χ1n) is 7.25. The normalized spacial score (nSPS) is 10.6. The molecule has 0 atom stereocenters. The second kappa shape index (κ2) is 11.9. The van der Waals surface area contributed by atoms with Crippen LogP contribution >= 0.6 is 0 Å². The second-order valence-corrected chi connectivity index (χ2v) is 5.93. The van der Waals surface area contributed by atoms with Crippen LogP contribution in [0, 0.1) is 0 Å². The zero-order valence-corrected chi connectivity index (χ0v) is 13.1. The van der Waals surface area contributed by atoms with Crippen molar-refractivity contribution in [3.63, 3.8) is 0 Å². The van der Waals surface area contributed by atoms with Crippen molar-refractivity contribution in [2.24, 2.45) is 0 Å². The van der Waals surface area contributed by atoms with Gasteiger partial charge in [-0.15, -0.1) is 8.42 Å². The minimum absolute atomic E-state index is 0. The molecule has 0 aliphatic heterocycles. The average Bonchev–Trinajstić information content (AvgIpc) is 2.42. The van der Waals surface area contributed by atoms with Gasteiger partial charge >= 0.3 is 45.9 Å². The van der Waals surface area contributed by atoms with E-state index in [-0.39, 0.29) is 41.7 Å². The van der Waals surface area contributed by atoms with Crippen LogP contribution in [0.3, 0.4) is 0 Å². The van der Waals surface area contributed by atoms with E-state index in [0.717, 1.165) is 25.7 Å². The Morgan fingerprint density at radius 3 is 2.23 bits per heavy atom. The van der Waals surface area contributed by atoms with Crippen LogP contribution in [0.5, 0.6) is 5.75 Å². The Labute approximate surface area is 155 Å². The number of rotatable bonds is 10. The van der Waals surface area contributed by atoms with E-state index in [1.807, 2.05) is 0 Å². The molecule has 7 heteroatoms. The fourth-order valence-corrected chi connectivity index (χ4v) is 2.51. The SMILES string of the molecule is CCCCCCCCC(=O)OS(=O)(=O)Oc1ccccc1.[NaH]. The van der Waals surface area contributed by atoms with Crippen molar-refractivity contribution >= 4 is 45.9 Å². The first kappa shape index (κ1) is 21.4. The fraction of sp³-hybridized carbons (Fsp3) is 0.533. The van der Waals surface area contributed by atoms with Crippen molar-refractivity contribution in [3.05, 3.63) is 30.3 Å². The Hall–Kier alpha value is -0.560. The molecule has 0 saturated carbocycles. The molecule has 1 rings (SSSR count). The van der Waals surface area contributed by atoms with Gasteiger partial charge in [-0.3, -0.25) is 4.79 Å². The molecule has 0 aliphatic rings. The van der Waals surface area contributed by atoms with Gasteiger partial charge in [-0.1, -0.05) is 57.2 Å². The number of carbonyl (C=O) groups excluding carboxylic acids is 1. The number of para-hydroxylation sites is 1. The molecule has 0 bridgehead atoms. The standard InChI is InChI=1S/C15H22O5S.Na.H/c1-2-3-4-5-6-10-13-15(16)20-21(17,18)19-14-11-8-7-9-12-14;;/h7-9,11-12H,2-6,10,13H2,1H3;;. The summed E-state index contributed by atoms with van der Waals surface area (Å²) in [6.07, 6.45) is 6.15. The van der Waals surface area contributed by atoms with Crippen molar-refractivity contribution < 1.29 is 21.6 Å². The van der Waals surface area contributed by atoms with Gasteiger partial charge in [-0.25, -0.2) is 0 Å². The summed E-state index contributed by atoms with van der Waals surface area (Å²) in [5, 5.41) is 0. The third-order valence-corrected chi connectivity index (χ3v) is 3.66. The molecule has 0 aromatic heterocycles. The molecule has 1 aromatic rings. The van der Waals surface area contributed by atoms with E-state index in [2.05, 4.69) is 15.3 Å². The molecule has 0 amide bonds. The van der Waals surface area contributed by atoms with Crippen LogP contribution in [-0.4, -0.2) is 43.9 Å². The molecule has 1 aromatic carbocycles. The fourth-order valence-electron chi connectivity index (χ4n) is 1.82. The Bertz CT molecular complexity index is 516. The molecule has 120 valence electrons. The zero-order valence-electron chi connectivity index (χ0n) is 12.3. The van der Waals surface area contributed by atoms with E-state index in [1.54, 1.807) is 18.2 Å². The number of unbranched alkanes of at least 4 members (excludes halogenated alkanes) is 5. The van der Waals surface area contributed by atoms with E-state index in [9.17, 15) is 13.2 Å². The van der Waals surface area contributed by atoms with Crippen LogP contribution < -0.4 is 4.18 Å². The van der Waals surface area contributed by atoms with Gasteiger partial charge in [0.05, 0.1) is 0 Å². The monoisotopic (exact) mass is 338 g/mol. The van der Waals surface area contributed by atoms with Gasteiger partial charge in [0.1, 0.15) is 5.75 Å². The summed E-state index contributed by atoms with van der Waals surface area (Å²) < 4.78 is 32.1. The summed E-state index contributed by atoms with van der Waals surface area (Å²) >= 11 is 0. The summed E-state index contributed by atoms with van der Waals surface area (Å²) in [7, 11) is -4.33. The van der Waals surface area contributed by atoms with Gasteiger partial charge in [-0.2, -0.15) is 0 Å². The third-order valence-electron chi connectivity index (χ3n) is 2.87. The van der Waals surface area contributed by atoms with E-state index < -0.39 is 16.4 Å². The molecule has 0 fully saturated rings. The molecule has 5 nitrogen and oxygen atoms in total. The molecule has 0 N–H and O–H groups in total. The Kier molecular flexibility index (Phi) is 11.6. The van der Waals surface area contributed by atoms with Crippen LogP contribution in [0.15, 0.2) is 30.3 Å². The number of hydrogen-bond acceptors (Lipinski definition) is 5. The van der Waals surface area contributed by atoms with Crippen LogP contribution in [0.25, 0.3) is 0 Å². The summed E-state index contributed by atoms with van der Waals surface area (Å²) in [5.41, 5.74) is 0. The summed E-state index contributed by atoms with van der Waals surface area (Å²) in [6, 6.07) is 7.92. The van der Waals surface area contributed by atoms with Crippen LogP contribution in [0.1, 0.15) is 51.9 Å². The van der Waals surface area contributed by atoms with Crippen molar-refractivity contribution in [3.8, 4) is 5.75 Å². The zero-order chi connectivity index (χ0) is 15.6. The van der Waals surface area contributed by atoms with Gasteiger partial charge < -0.3 is 8.37 Å². The van der Waals surface area contributed by atoms with Crippen molar-refractivity contribution in [1.29, 1.82) is 0 Å². The van der Waals surface area contributed by atoms with Crippen LogP contribution in [0.4, 0.5) is 0 Å². The van der Waals surface area contributed by atoms with Gasteiger partial charge in [0.15, 0.2) is 0 Å². The molecule has 0 aliphatic carbocycles. The van der Waals surface area contributed by atoms with E-state index in [0.29, 0.717) is 6.42 Å². The van der Waals surface area contributed by atoms with E-state index in [1.165, 1.54) is 18.6 Å². The Morgan fingerprint density at radius 1 is 1.00 bits per heavy atom. The van der Waals surface area contributed by atoms with Gasteiger partial charge in [0, 0.05) is 6.42 Å². The quantitative estimate of drug-likeness (QED) is 0.484. The van der Waals surface area contributed by atoms with Gasteiger partial charge in [0.25, 0.3) is 0 Å². The van der Waals surface area contributed by atoms with Crippen molar-refractivity contribution in [2.45, 2.75) is 51.9 Å². The topological polar surface area (TPSA) is 69.7 Å². The Balaban J connectivity index is 0.00000441. The Morgan fingerprint density at radius 2 is 1.59 bits per heavy atom.